The minimum absolute atomic E-state index is 0.214. The predicted octanol–water partition coefficient (Wildman–Crippen LogP) is 5.10. The first kappa shape index (κ1) is 22.3. The molecule has 4 rings (SSSR count). The van der Waals surface area contributed by atoms with Crippen molar-refractivity contribution < 1.29 is 19.0 Å². The van der Waals surface area contributed by atoms with E-state index in [1.165, 1.54) is 11.3 Å². The second kappa shape index (κ2) is 10.6. The van der Waals surface area contributed by atoms with E-state index in [0.717, 1.165) is 16.8 Å². The molecule has 2 heterocycles. The van der Waals surface area contributed by atoms with Crippen molar-refractivity contribution in [2.45, 2.75) is 6.42 Å². The topological polar surface area (TPSA) is 82.6 Å². The molecule has 0 aliphatic rings. The van der Waals surface area contributed by atoms with Crippen LogP contribution in [0.4, 0.5) is 5.13 Å². The van der Waals surface area contributed by atoms with Gasteiger partial charge in [0.2, 0.25) is 5.88 Å². The molecule has 168 valence electrons. The van der Waals surface area contributed by atoms with Gasteiger partial charge >= 0.3 is 0 Å². The summed E-state index contributed by atoms with van der Waals surface area (Å²) in [5.41, 5.74) is 3.15. The Hall–Kier alpha value is -3.91. The van der Waals surface area contributed by atoms with Crippen LogP contribution in [0, 0.1) is 0 Å². The number of aromatic nitrogens is 2. The highest BCUT2D eigenvalue weighted by atomic mass is 32.1. The van der Waals surface area contributed by atoms with Gasteiger partial charge in [0, 0.05) is 35.2 Å². The van der Waals surface area contributed by atoms with Gasteiger partial charge in [-0.1, -0.05) is 24.3 Å². The van der Waals surface area contributed by atoms with E-state index in [9.17, 15) is 4.79 Å². The van der Waals surface area contributed by atoms with E-state index >= 15 is 0 Å². The van der Waals surface area contributed by atoms with Crippen molar-refractivity contribution in [3.8, 4) is 28.6 Å². The minimum atomic E-state index is -0.214. The van der Waals surface area contributed by atoms with Crippen molar-refractivity contribution in [1.29, 1.82) is 0 Å². The summed E-state index contributed by atoms with van der Waals surface area (Å²) >= 11 is 1.37. The lowest BCUT2D eigenvalue weighted by Crippen LogP contribution is -2.11. The molecule has 0 atom stereocenters. The standard InChI is InChI=1S/C25H23N3O4S/c1-30-21-10-9-17(15-22(21)31-2)11-13-32-23-8-4-7-20(27-23)18-5-3-6-19(16-18)24(29)28-25-26-12-14-33-25/h3-10,12,14-16H,11,13H2,1-2H3,(H,26,28,29). The number of hydrogen-bond donors (Lipinski definition) is 1. The Bertz CT molecular complexity index is 1230. The number of nitrogens with one attached hydrogen (secondary N) is 1. The fourth-order valence-electron chi connectivity index (χ4n) is 3.24. The van der Waals surface area contributed by atoms with Crippen LogP contribution in [0.5, 0.6) is 17.4 Å². The van der Waals surface area contributed by atoms with Gasteiger partial charge in [0.05, 0.1) is 26.5 Å². The van der Waals surface area contributed by atoms with E-state index in [-0.39, 0.29) is 5.91 Å². The Balaban J connectivity index is 1.41. The van der Waals surface area contributed by atoms with E-state index in [2.05, 4.69) is 15.3 Å². The number of ether oxygens (including phenoxy) is 3. The zero-order valence-corrected chi connectivity index (χ0v) is 19.1. The maximum atomic E-state index is 12.5. The van der Waals surface area contributed by atoms with Crippen molar-refractivity contribution in [3.63, 3.8) is 0 Å². The number of carbonyl (C=O) groups excluding carboxylic acids is 1. The van der Waals surface area contributed by atoms with Gasteiger partial charge in [0.1, 0.15) is 0 Å². The van der Waals surface area contributed by atoms with E-state index in [1.54, 1.807) is 32.5 Å². The van der Waals surface area contributed by atoms with Gasteiger partial charge in [-0.25, -0.2) is 9.97 Å². The number of rotatable bonds is 9. The Kier molecular flexibility index (Phi) is 7.16. The predicted molar refractivity (Wildman–Crippen MR) is 128 cm³/mol. The smallest absolute Gasteiger partial charge is 0.257 e. The van der Waals surface area contributed by atoms with E-state index in [0.29, 0.717) is 41.1 Å². The van der Waals surface area contributed by atoms with Gasteiger partial charge in [0.25, 0.3) is 5.91 Å². The molecule has 0 spiro atoms. The SMILES string of the molecule is COc1ccc(CCOc2cccc(-c3cccc(C(=O)Nc4nccs4)c3)n2)cc1OC. The van der Waals surface area contributed by atoms with Crippen molar-refractivity contribution in [2.75, 3.05) is 26.1 Å². The zero-order chi connectivity index (χ0) is 23.0. The van der Waals surface area contributed by atoms with Crippen molar-refractivity contribution >= 4 is 22.4 Å². The largest absolute Gasteiger partial charge is 0.493 e. The average molecular weight is 462 g/mol. The lowest BCUT2D eigenvalue weighted by molar-refractivity contribution is 0.102. The van der Waals surface area contributed by atoms with E-state index < -0.39 is 0 Å². The molecule has 33 heavy (non-hydrogen) atoms. The van der Waals surface area contributed by atoms with Crippen molar-refractivity contribution in [3.05, 3.63) is 83.4 Å². The fourth-order valence-corrected chi connectivity index (χ4v) is 3.76. The third-order valence-corrected chi connectivity index (χ3v) is 5.57. The van der Waals surface area contributed by atoms with Gasteiger partial charge in [-0.2, -0.15) is 0 Å². The van der Waals surface area contributed by atoms with E-state index in [4.69, 9.17) is 14.2 Å². The highest BCUT2D eigenvalue weighted by Crippen LogP contribution is 2.28. The minimum Gasteiger partial charge on any atom is -0.493 e. The van der Waals surface area contributed by atoms with Crippen LogP contribution in [-0.4, -0.2) is 36.7 Å². The number of thiazole rings is 1. The van der Waals surface area contributed by atoms with Crippen LogP contribution in [0.2, 0.25) is 0 Å². The summed E-state index contributed by atoms with van der Waals surface area (Å²) in [5, 5.41) is 5.17. The van der Waals surface area contributed by atoms with Crippen LogP contribution in [0.15, 0.2) is 72.2 Å². The van der Waals surface area contributed by atoms with Crippen LogP contribution in [0.1, 0.15) is 15.9 Å². The van der Waals surface area contributed by atoms with Gasteiger partial charge in [-0.15, -0.1) is 11.3 Å². The molecule has 1 N–H and O–H groups in total. The molecule has 0 saturated carbocycles. The zero-order valence-electron chi connectivity index (χ0n) is 18.3. The molecule has 0 unspecified atom stereocenters. The molecule has 0 aliphatic carbocycles. The summed E-state index contributed by atoms with van der Waals surface area (Å²) in [6.07, 6.45) is 2.34. The van der Waals surface area contributed by atoms with Gasteiger partial charge in [-0.05, 0) is 35.9 Å². The second-order valence-corrected chi connectivity index (χ2v) is 7.92. The Labute approximate surface area is 196 Å². The van der Waals surface area contributed by atoms with Crippen molar-refractivity contribution in [1.82, 2.24) is 9.97 Å². The molecule has 0 aliphatic heterocycles. The third-order valence-electron chi connectivity index (χ3n) is 4.89. The van der Waals surface area contributed by atoms with Crippen LogP contribution in [0.3, 0.4) is 0 Å². The molecule has 0 saturated heterocycles. The van der Waals surface area contributed by atoms with Crippen LogP contribution in [-0.2, 0) is 6.42 Å². The molecular weight excluding hydrogens is 438 g/mol. The molecule has 2 aromatic carbocycles. The number of amides is 1. The molecule has 1 amide bonds. The molecule has 0 bridgehead atoms. The molecule has 0 fully saturated rings. The molecular formula is C25H23N3O4S. The van der Waals surface area contributed by atoms with Crippen LogP contribution >= 0.6 is 11.3 Å². The van der Waals surface area contributed by atoms with Gasteiger partial charge < -0.3 is 14.2 Å². The number of carbonyl (C=O) groups is 1. The number of hydrogen-bond acceptors (Lipinski definition) is 7. The number of pyridine rings is 1. The lowest BCUT2D eigenvalue weighted by Gasteiger charge is -2.11. The highest BCUT2D eigenvalue weighted by molar-refractivity contribution is 7.13. The Morgan fingerprint density at radius 3 is 2.64 bits per heavy atom. The molecule has 7 nitrogen and oxygen atoms in total. The van der Waals surface area contributed by atoms with Crippen LogP contribution < -0.4 is 19.5 Å². The lowest BCUT2D eigenvalue weighted by atomic mass is 10.1. The summed E-state index contributed by atoms with van der Waals surface area (Å²) in [5.74, 6) is 1.69. The number of anilines is 1. The molecule has 8 heteroatoms. The fraction of sp³-hybridized carbons (Fsp3) is 0.160. The van der Waals surface area contributed by atoms with Gasteiger partial charge in [-0.3, -0.25) is 10.1 Å². The molecule has 4 aromatic rings. The number of benzene rings is 2. The van der Waals surface area contributed by atoms with Crippen LogP contribution in [0.25, 0.3) is 11.3 Å². The molecule has 2 aromatic heterocycles. The first-order chi connectivity index (χ1) is 16.2. The summed E-state index contributed by atoms with van der Waals surface area (Å²) in [6.45, 7) is 0.461. The first-order valence-corrected chi connectivity index (χ1v) is 11.2. The second-order valence-electron chi connectivity index (χ2n) is 7.02. The van der Waals surface area contributed by atoms with Crippen molar-refractivity contribution in [2.24, 2.45) is 0 Å². The normalized spacial score (nSPS) is 10.5. The summed E-state index contributed by atoms with van der Waals surface area (Å²) in [4.78, 5) is 21.2. The number of nitrogens with zero attached hydrogens (tertiary/aromatic N) is 2. The van der Waals surface area contributed by atoms with Gasteiger partial charge in [0.15, 0.2) is 16.6 Å². The van der Waals surface area contributed by atoms with E-state index in [1.807, 2.05) is 53.9 Å². The summed E-state index contributed by atoms with van der Waals surface area (Å²) < 4.78 is 16.5. The Morgan fingerprint density at radius 2 is 1.85 bits per heavy atom. The quantitative estimate of drug-likeness (QED) is 0.374. The average Bonchev–Trinajstić information content (AvgIpc) is 3.37. The maximum Gasteiger partial charge on any atom is 0.257 e. The summed E-state index contributed by atoms with van der Waals surface area (Å²) in [6, 6.07) is 18.7. The molecule has 0 radical (unpaired) electrons. The highest BCUT2D eigenvalue weighted by Gasteiger charge is 2.10. The Morgan fingerprint density at radius 1 is 1.00 bits per heavy atom. The summed E-state index contributed by atoms with van der Waals surface area (Å²) in [7, 11) is 3.23. The third kappa shape index (κ3) is 5.67. The number of methoxy groups -OCH3 is 2. The monoisotopic (exact) mass is 461 g/mol. The maximum absolute atomic E-state index is 12.5. The first-order valence-electron chi connectivity index (χ1n) is 10.3.